The van der Waals surface area contributed by atoms with Crippen LogP contribution in [-0.4, -0.2) is 18.2 Å². The molecule has 86 valence electrons. The Balaban J connectivity index is 2.36. The number of carboxylic acid groups (broad SMARTS) is 1. The van der Waals surface area contributed by atoms with E-state index in [1.165, 1.54) is 13.2 Å². The number of ether oxygens (including phenoxy) is 1. The molecule has 0 aliphatic heterocycles. The van der Waals surface area contributed by atoms with E-state index in [-0.39, 0.29) is 11.7 Å². The average molecular weight is 228 g/mol. The van der Waals surface area contributed by atoms with Crippen molar-refractivity contribution in [3.63, 3.8) is 0 Å². The molecule has 1 aromatic rings. The van der Waals surface area contributed by atoms with Crippen molar-refractivity contribution in [2.45, 2.75) is 12.3 Å². The number of carbonyl (C=O) groups is 1. The zero-order chi connectivity index (χ0) is 11.9. The Bertz CT molecular complexity index is 445. The van der Waals surface area contributed by atoms with E-state index in [2.05, 4.69) is 0 Å². The summed E-state index contributed by atoms with van der Waals surface area (Å²) < 4.78 is 31.0. The first-order valence-corrected chi connectivity index (χ1v) is 4.81. The first-order valence-electron chi connectivity index (χ1n) is 4.81. The van der Waals surface area contributed by atoms with Crippen LogP contribution in [0.15, 0.2) is 12.1 Å². The van der Waals surface area contributed by atoms with Crippen molar-refractivity contribution in [2.75, 3.05) is 7.11 Å². The van der Waals surface area contributed by atoms with Gasteiger partial charge >= 0.3 is 5.97 Å². The van der Waals surface area contributed by atoms with Crippen LogP contribution in [0.4, 0.5) is 8.78 Å². The largest absolute Gasteiger partial charge is 0.493 e. The van der Waals surface area contributed by atoms with Gasteiger partial charge in [0.2, 0.25) is 5.82 Å². The fraction of sp³-hybridized carbons (Fsp3) is 0.364. The number of hydrogen-bond donors (Lipinski definition) is 1. The van der Waals surface area contributed by atoms with Gasteiger partial charge in [0.15, 0.2) is 11.6 Å². The van der Waals surface area contributed by atoms with Crippen LogP contribution in [0.25, 0.3) is 0 Å². The topological polar surface area (TPSA) is 46.5 Å². The molecule has 0 radical (unpaired) electrons. The molecule has 0 heterocycles. The van der Waals surface area contributed by atoms with Crippen LogP contribution in [0.5, 0.6) is 5.75 Å². The van der Waals surface area contributed by atoms with E-state index in [0.29, 0.717) is 12.0 Å². The molecule has 1 aliphatic carbocycles. The molecule has 1 N–H and O–H groups in total. The number of carboxylic acids is 1. The predicted octanol–water partition coefficient (Wildman–Crippen LogP) is 2.16. The lowest BCUT2D eigenvalue weighted by Gasteiger charge is -2.09. The molecule has 2 atom stereocenters. The highest BCUT2D eigenvalue weighted by molar-refractivity contribution is 5.75. The lowest BCUT2D eigenvalue weighted by molar-refractivity contribution is -0.138. The van der Waals surface area contributed by atoms with Gasteiger partial charge < -0.3 is 9.84 Å². The highest BCUT2D eigenvalue weighted by Crippen LogP contribution is 2.51. The minimum atomic E-state index is -1.06. The van der Waals surface area contributed by atoms with Gasteiger partial charge in [0.05, 0.1) is 13.0 Å². The first-order chi connectivity index (χ1) is 7.56. The molecule has 1 aromatic carbocycles. The molecule has 1 aliphatic rings. The van der Waals surface area contributed by atoms with Crippen LogP contribution in [0.2, 0.25) is 0 Å². The van der Waals surface area contributed by atoms with E-state index in [1.807, 2.05) is 0 Å². The Labute approximate surface area is 90.7 Å². The normalized spacial score (nSPS) is 22.9. The van der Waals surface area contributed by atoms with Crippen LogP contribution in [0, 0.1) is 17.6 Å². The molecule has 0 bridgehead atoms. The van der Waals surface area contributed by atoms with Crippen LogP contribution in [-0.2, 0) is 4.79 Å². The summed E-state index contributed by atoms with van der Waals surface area (Å²) in [5.41, 5.74) is 0.425. The molecule has 5 heteroatoms. The van der Waals surface area contributed by atoms with Gasteiger partial charge in [-0.15, -0.1) is 0 Å². The number of rotatable bonds is 3. The predicted molar refractivity (Wildman–Crippen MR) is 51.4 cm³/mol. The third-order valence-electron chi connectivity index (χ3n) is 2.79. The number of aliphatic carboxylic acids is 1. The summed E-state index contributed by atoms with van der Waals surface area (Å²) in [6.07, 6.45) is 0.441. The molecule has 2 unspecified atom stereocenters. The van der Waals surface area contributed by atoms with Crippen molar-refractivity contribution < 1.29 is 23.4 Å². The maximum atomic E-state index is 13.3. The molecule has 0 aromatic heterocycles. The number of hydrogen-bond acceptors (Lipinski definition) is 2. The molecule has 2 rings (SSSR count). The Morgan fingerprint density at radius 1 is 1.50 bits per heavy atom. The first kappa shape index (κ1) is 10.9. The third-order valence-corrected chi connectivity index (χ3v) is 2.79. The summed E-state index contributed by atoms with van der Waals surface area (Å²) in [4.78, 5) is 10.7. The molecule has 0 spiro atoms. The summed E-state index contributed by atoms with van der Waals surface area (Å²) in [6, 6.07) is 2.37. The number of halogens is 2. The van der Waals surface area contributed by atoms with Gasteiger partial charge in [0.25, 0.3) is 0 Å². The van der Waals surface area contributed by atoms with Crippen LogP contribution in [0.3, 0.4) is 0 Å². The van der Waals surface area contributed by atoms with E-state index >= 15 is 0 Å². The van der Waals surface area contributed by atoms with E-state index < -0.39 is 23.5 Å². The molecular formula is C11H10F2O3. The quantitative estimate of drug-likeness (QED) is 0.862. The Hall–Kier alpha value is -1.65. The molecule has 16 heavy (non-hydrogen) atoms. The second kappa shape index (κ2) is 3.73. The molecule has 0 saturated heterocycles. The molecule has 1 fully saturated rings. The van der Waals surface area contributed by atoms with E-state index in [9.17, 15) is 13.6 Å². The minimum Gasteiger partial charge on any atom is -0.493 e. The van der Waals surface area contributed by atoms with Gasteiger partial charge in [-0.1, -0.05) is 6.07 Å². The highest BCUT2D eigenvalue weighted by Gasteiger charge is 2.46. The van der Waals surface area contributed by atoms with Gasteiger partial charge in [-0.05, 0) is 12.5 Å². The average Bonchev–Trinajstić information content (AvgIpc) is 3.01. The maximum Gasteiger partial charge on any atom is 0.307 e. The number of methoxy groups -OCH3 is 1. The molecule has 1 saturated carbocycles. The second-order valence-electron chi connectivity index (χ2n) is 3.77. The summed E-state index contributed by atoms with van der Waals surface area (Å²) in [5.74, 6) is -3.95. The summed E-state index contributed by atoms with van der Waals surface area (Å²) in [6.45, 7) is 0. The monoisotopic (exact) mass is 228 g/mol. The fourth-order valence-electron chi connectivity index (χ4n) is 1.86. The minimum absolute atomic E-state index is 0.186. The standard InChI is InChI=1S/C11H10F2O3/c1-16-10-5(2-3-8(12)9(10)13)6-4-7(6)11(14)15/h2-3,6-7H,4H2,1H3,(H,14,15). The summed E-state index contributed by atoms with van der Waals surface area (Å²) >= 11 is 0. The molecular weight excluding hydrogens is 218 g/mol. The SMILES string of the molecule is COc1c(C2CC2C(=O)O)ccc(F)c1F. The summed E-state index contributed by atoms with van der Waals surface area (Å²) in [5, 5.41) is 8.76. The van der Waals surface area contributed by atoms with Crippen LogP contribution < -0.4 is 4.74 Å². The zero-order valence-electron chi connectivity index (χ0n) is 8.54. The van der Waals surface area contributed by atoms with Crippen molar-refractivity contribution in [1.29, 1.82) is 0 Å². The Kier molecular flexibility index (Phi) is 2.53. The fourth-order valence-corrected chi connectivity index (χ4v) is 1.86. The van der Waals surface area contributed by atoms with Gasteiger partial charge in [-0.2, -0.15) is 4.39 Å². The lowest BCUT2D eigenvalue weighted by atomic mass is 10.1. The van der Waals surface area contributed by atoms with Crippen molar-refractivity contribution in [3.05, 3.63) is 29.3 Å². The van der Waals surface area contributed by atoms with E-state index in [1.54, 1.807) is 0 Å². The second-order valence-corrected chi connectivity index (χ2v) is 3.77. The van der Waals surface area contributed by atoms with E-state index in [4.69, 9.17) is 9.84 Å². The van der Waals surface area contributed by atoms with Gasteiger partial charge in [0, 0.05) is 11.5 Å². The van der Waals surface area contributed by atoms with Gasteiger partial charge in [-0.25, -0.2) is 4.39 Å². The van der Waals surface area contributed by atoms with Crippen LogP contribution >= 0.6 is 0 Å². The zero-order valence-corrected chi connectivity index (χ0v) is 8.54. The van der Waals surface area contributed by atoms with E-state index in [0.717, 1.165) is 6.07 Å². The van der Waals surface area contributed by atoms with Gasteiger partial charge in [0.1, 0.15) is 0 Å². The lowest BCUT2D eigenvalue weighted by Crippen LogP contribution is -2.02. The molecule has 0 amide bonds. The van der Waals surface area contributed by atoms with Crippen molar-refractivity contribution in [1.82, 2.24) is 0 Å². The highest BCUT2D eigenvalue weighted by atomic mass is 19.2. The molecule has 3 nitrogen and oxygen atoms in total. The van der Waals surface area contributed by atoms with Gasteiger partial charge in [-0.3, -0.25) is 4.79 Å². The van der Waals surface area contributed by atoms with Crippen molar-refractivity contribution >= 4 is 5.97 Å². The Morgan fingerprint density at radius 3 is 2.69 bits per heavy atom. The van der Waals surface area contributed by atoms with Crippen molar-refractivity contribution in [3.8, 4) is 5.75 Å². The maximum absolute atomic E-state index is 13.3. The smallest absolute Gasteiger partial charge is 0.307 e. The third kappa shape index (κ3) is 1.62. The van der Waals surface area contributed by atoms with Crippen molar-refractivity contribution in [2.24, 2.45) is 5.92 Å². The van der Waals surface area contributed by atoms with Crippen LogP contribution in [0.1, 0.15) is 17.9 Å². The Morgan fingerprint density at radius 2 is 2.19 bits per heavy atom. The number of benzene rings is 1. The summed E-state index contributed by atoms with van der Waals surface area (Å²) in [7, 11) is 1.24.